The fourth-order valence-electron chi connectivity index (χ4n) is 2.07. The second-order valence-corrected chi connectivity index (χ2v) is 4.22. The number of esters is 1. The van der Waals surface area contributed by atoms with Crippen molar-refractivity contribution in [2.24, 2.45) is 11.8 Å². The van der Waals surface area contributed by atoms with Crippen LogP contribution in [0.1, 0.15) is 26.2 Å². The molecule has 0 radical (unpaired) electrons. The van der Waals surface area contributed by atoms with Gasteiger partial charge in [-0.2, -0.15) is 5.26 Å². The number of ketones is 1. The van der Waals surface area contributed by atoms with Gasteiger partial charge in [0, 0.05) is 5.92 Å². The SMILES string of the molecule is CC/C=C\CC1C(=O)C(C#N)=CC1CC(=O)OC. The molecule has 1 aliphatic carbocycles. The molecule has 0 saturated carbocycles. The van der Waals surface area contributed by atoms with Crippen molar-refractivity contribution in [1.82, 2.24) is 0 Å². The molecule has 0 saturated heterocycles. The van der Waals surface area contributed by atoms with Gasteiger partial charge in [0.25, 0.3) is 0 Å². The van der Waals surface area contributed by atoms with Gasteiger partial charge in [0.1, 0.15) is 6.07 Å². The van der Waals surface area contributed by atoms with E-state index in [0.717, 1.165) is 6.42 Å². The highest BCUT2D eigenvalue weighted by Gasteiger charge is 2.36. The maximum Gasteiger partial charge on any atom is 0.306 e. The van der Waals surface area contributed by atoms with Crippen LogP contribution >= 0.6 is 0 Å². The number of carbonyl (C=O) groups is 2. The number of rotatable bonds is 5. The molecule has 0 spiro atoms. The predicted molar refractivity (Wildman–Crippen MR) is 66.4 cm³/mol. The van der Waals surface area contributed by atoms with Crippen LogP contribution in [0.15, 0.2) is 23.8 Å². The van der Waals surface area contributed by atoms with Gasteiger partial charge < -0.3 is 4.74 Å². The van der Waals surface area contributed by atoms with E-state index in [2.05, 4.69) is 4.74 Å². The average molecular weight is 247 g/mol. The summed E-state index contributed by atoms with van der Waals surface area (Å²) in [6, 6.07) is 1.89. The Morgan fingerprint density at radius 2 is 2.28 bits per heavy atom. The van der Waals surface area contributed by atoms with Gasteiger partial charge in [-0.25, -0.2) is 0 Å². The summed E-state index contributed by atoms with van der Waals surface area (Å²) in [5.41, 5.74) is 0.166. The first kappa shape index (κ1) is 14.2. The molecule has 0 aromatic heterocycles. The van der Waals surface area contributed by atoms with Crippen molar-refractivity contribution in [2.75, 3.05) is 7.11 Å². The predicted octanol–water partition coefficient (Wildman–Crippen LogP) is 2.17. The number of nitrogens with zero attached hydrogens (tertiary/aromatic N) is 1. The van der Waals surface area contributed by atoms with Crippen molar-refractivity contribution in [2.45, 2.75) is 26.2 Å². The third-order valence-corrected chi connectivity index (χ3v) is 3.04. The van der Waals surface area contributed by atoms with E-state index < -0.39 is 0 Å². The Morgan fingerprint density at radius 1 is 1.56 bits per heavy atom. The molecule has 1 rings (SSSR count). The first-order chi connectivity index (χ1) is 8.63. The lowest BCUT2D eigenvalue weighted by molar-refractivity contribution is -0.141. The average Bonchev–Trinajstić information content (AvgIpc) is 2.66. The van der Waals surface area contributed by atoms with Crippen LogP contribution in [0.3, 0.4) is 0 Å². The molecule has 0 bridgehead atoms. The Balaban J connectivity index is 2.79. The summed E-state index contributed by atoms with van der Waals surface area (Å²) in [5.74, 6) is -1.04. The molecular weight excluding hydrogens is 230 g/mol. The van der Waals surface area contributed by atoms with Crippen LogP contribution in [0, 0.1) is 23.2 Å². The van der Waals surface area contributed by atoms with Crippen LogP contribution in [-0.2, 0) is 14.3 Å². The zero-order valence-electron chi connectivity index (χ0n) is 10.7. The molecule has 0 N–H and O–H groups in total. The number of nitriles is 1. The second kappa shape index (κ2) is 6.75. The number of Topliss-reactive ketones (excluding diaryl/α,β-unsaturated/α-hetero) is 1. The lowest BCUT2D eigenvalue weighted by Crippen LogP contribution is -2.19. The molecule has 0 aliphatic heterocycles. The van der Waals surface area contributed by atoms with Gasteiger partial charge in [-0.3, -0.25) is 9.59 Å². The topological polar surface area (TPSA) is 67.2 Å². The molecule has 18 heavy (non-hydrogen) atoms. The maximum absolute atomic E-state index is 11.9. The molecule has 2 atom stereocenters. The number of hydrogen-bond acceptors (Lipinski definition) is 4. The first-order valence-corrected chi connectivity index (χ1v) is 6.02. The van der Waals surface area contributed by atoms with E-state index in [1.165, 1.54) is 7.11 Å². The van der Waals surface area contributed by atoms with E-state index in [0.29, 0.717) is 6.42 Å². The van der Waals surface area contributed by atoms with E-state index >= 15 is 0 Å². The van der Waals surface area contributed by atoms with Crippen molar-refractivity contribution in [1.29, 1.82) is 5.26 Å². The van der Waals surface area contributed by atoms with Gasteiger partial charge in [-0.05, 0) is 18.8 Å². The standard InChI is InChI=1S/C14H17NO3/c1-3-4-5-6-12-10(8-13(16)18-2)7-11(9-15)14(12)17/h4-5,7,10,12H,3,6,8H2,1-2H3/b5-4-. The van der Waals surface area contributed by atoms with E-state index in [9.17, 15) is 9.59 Å². The minimum Gasteiger partial charge on any atom is -0.469 e. The fourth-order valence-corrected chi connectivity index (χ4v) is 2.07. The molecule has 1 aliphatic rings. The fraction of sp³-hybridized carbons (Fsp3) is 0.500. The van der Waals surface area contributed by atoms with Gasteiger partial charge in [-0.1, -0.05) is 25.2 Å². The minimum atomic E-state index is -0.354. The lowest BCUT2D eigenvalue weighted by atomic mass is 9.88. The van der Waals surface area contributed by atoms with Gasteiger partial charge in [-0.15, -0.1) is 0 Å². The smallest absolute Gasteiger partial charge is 0.306 e. The zero-order valence-corrected chi connectivity index (χ0v) is 10.7. The van der Waals surface area contributed by atoms with E-state index in [1.807, 2.05) is 25.1 Å². The molecular formula is C14H17NO3. The van der Waals surface area contributed by atoms with Crippen molar-refractivity contribution < 1.29 is 14.3 Å². The Bertz CT molecular complexity index is 429. The van der Waals surface area contributed by atoms with E-state index in [1.54, 1.807) is 6.08 Å². The molecule has 0 aromatic rings. The highest BCUT2D eigenvalue weighted by molar-refractivity contribution is 6.03. The molecule has 0 fully saturated rings. The molecule has 0 amide bonds. The van der Waals surface area contributed by atoms with Crippen molar-refractivity contribution in [3.8, 4) is 6.07 Å². The monoisotopic (exact) mass is 247 g/mol. The Hall–Kier alpha value is -1.89. The number of hydrogen-bond donors (Lipinski definition) is 0. The van der Waals surface area contributed by atoms with Gasteiger partial charge in [0.15, 0.2) is 5.78 Å². The van der Waals surface area contributed by atoms with E-state index in [4.69, 9.17) is 5.26 Å². The van der Waals surface area contributed by atoms with Crippen LogP contribution in [0.25, 0.3) is 0 Å². The van der Waals surface area contributed by atoms with Crippen molar-refractivity contribution in [3.63, 3.8) is 0 Å². The molecule has 2 unspecified atom stereocenters. The van der Waals surface area contributed by atoms with Gasteiger partial charge in [0.2, 0.25) is 0 Å². The Labute approximate surface area is 107 Å². The summed E-state index contributed by atoms with van der Waals surface area (Å²) < 4.78 is 4.61. The molecule has 96 valence electrons. The third kappa shape index (κ3) is 3.30. The minimum absolute atomic E-state index is 0.151. The number of carbonyl (C=O) groups excluding carboxylic acids is 2. The summed E-state index contributed by atoms with van der Waals surface area (Å²) in [4.78, 5) is 23.2. The Morgan fingerprint density at radius 3 is 2.83 bits per heavy atom. The summed E-state index contributed by atoms with van der Waals surface area (Å²) in [5, 5.41) is 8.86. The number of methoxy groups -OCH3 is 1. The molecule has 4 heteroatoms. The lowest BCUT2D eigenvalue weighted by Gasteiger charge is -2.14. The quantitative estimate of drug-likeness (QED) is 0.551. The van der Waals surface area contributed by atoms with Crippen LogP contribution in [0.4, 0.5) is 0 Å². The van der Waals surface area contributed by atoms with Gasteiger partial charge >= 0.3 is 5.97 Å². The molecule has 4 nitrogen and oxygen atoms in total. The maximum atomic E-state index is 11.9. The zero-order chi connectivity index (χ0) is 13.5. The number of ether oxygens (including phenoxy) is 1. The summed E-state index contributed by atoms with van der Waals surface area (Å²) >= 11 is 0. The summed E-state index contributed by atoms with van der Waals surface area (Å²) in [7, 11) is 1.32. The van der Waals surface area contributed by atoms with Gasteiger partial charge in [0.05, 0.1) is 19.1 Å². The first-order valence-electron chi connectivity index (χ1n) is 6.02. The summed E-state index contributed by atoms with van der Waals surface area (Å²) in [6.07, 6.45) is 7.13. The number of allylic oxidation sites excluding steroid dienone is 4. The van der Waals surface area contributed by atoms with Crippen molar-refractivity contribution in [3.05, 3.63) is 23.8 Å². The molecule has 0 heterocycles. The Kier molecular flexibility index (Phi) is 5.31. The van der Waals surface area contributed by atoms with Crippen LogP contribution in [0.5, 0.6) is 0 Å². The van der Waals surface area contributed by atoms with Crippen LogP contribution in [-0.4, -0.2) is 18.9 Å². The van der Waals surface area contributed by atoms with Crippen LogP contribution < -0.4 is 0 Å². The third-order valence-electron chi connectivity index (χ3n) is 3.04. The van der Waals surface area contributed by atoms with Crippen molar-refractivity contribution >= 4 is 11.8 Å². The second-order valence-electron chi connectivity index (χ2n) is 4.22. The highest BCUT2D eigenvalue weighted by Crippen LogP contribution is 2.32. The van der Waals surface area contributed by atoms with Crippen LogP contribution in [0.2, 0.25) is 0 Å². The highest BCUT2D eigenvalue weighted by atomic mass is 16.5. The largest absolute Gasteiger partial charge is 0.469 e. The van der Waals surface area contributed by atoms with E-state index in [-0.39, 0.29) is 35.6 Å². The normalized spacial score (nSPS) is 22.9. The molecule has 0 aromatic carbocycles. The summed E-state index contributed by atoms with van der Waals surface area (Å²) in [6.45, 7) is 2.01.